The standard InChI is InChI=1S/C13H16N2O3/c1-9(16)5-6-14-8-10-3-4-12-11(7-10)15(2)13(17)18-12/h3-4,7,14H,5-6,8H2,1-2H3. The van der Waals surface area contributed by atoms with E-state index in [9.17, 15) is 9.59 Å². The van der Waals surface area contributed by atoms with E-state index in [1.54, 1.807) is 20.0 Å². The van der Waals surface area contributed by atoms with E-state index in [1.165, 1.54) is 4.57 Å². The van der Waals surface area contributed by atoms with Gasteiger partial charge in [0.15, 0.2) is 5.58 Å². The smallest absolute Gasteiger partial charge is 0.408 e. The molecule has 0 unspecified atom stereocenters. The lowest BCUT2D eigenvalue weighted by Crippen LogP contribution is -2.16. The van der Waals surface area contributed by atoms with Crippen LogP contribution < -0.4 is 11.1 Å². The maximum Gasteiger partial charge on any atom is 0.419 e. The highest BCUT2D eigenvalue weighted by Crippen LogP contribution is 2.13. The van der Waals surface area contributed by atoms with E-state index in [4.69, 9.17) is 4.42 Å². The molecule has 0 atom stereocenters. The zero-order chi connectivity index (χ0) is 13.1. The molecule has 1 N–H and O–H groups in total. The minimum absolute atomic E-state index is 0.176. The molecule has 0 aliphatic rings. The predicted molar refractivity (Wildman–Crippen MR) is 68.5 cm³/mol. The third-order valence-corrected chi connectivity index (χ3v) is 2.84. The highest BCUT2D eigenvalue weighted by Gasteiger charge is 2.06. The van der Waals surface area contributed by atoms with E-state index in [2.05, 4.69) is 5.32 Å². The Balaban J connectivity index is 2.08. The number of carbonyl (C=O) groups excluding carboxylic acids is 1. The maximum absolute atomic E-state index is 11.3. The van der Waals surface area contributed by atoms with E-state index in [-0.39, 0.29) is 11.5 Å². The molecule has 0 saturated heterocycles. The van der Waals surface area contributed by atoms with Gasteiger partial charge < -0.3 is 9.73 Å². The molecule has 18 heavy (non-hydrogen) atoms. The van der Waals surface area contributed by atoms with E-state index in [0.29, 0.717) is 25.1 Å². The molecule has 1 heterocycles. The molecule has 0 amide bonds. The van der Waals surface area contributed by atoms with Gasteiger partial charge in [-0.25, -0.2) is 4.79 Å². The molecule has 1 aromatic heterocycles. The molecule has 0 bridgehead atoms. The van der Waals surface area contributed by atoms with Crippen LogP contribution >= 0.6 is 0 Å². The van der Waals surface area contributed by atoms with Crippen molar-refractivity contribution < 1.29 is 9.21 Å². The monoisotopic (exact) mass is 248 g/mol. The van der Waals surface area contributed by atoms with Gasteiger partial charge in [0.1, 0.15) is 5.78 Å². The predicted octanol–water partition coefficient (Wildman–Crippen LogP) is 1.20. The molecule has 1 aromatic carbocycles. The van der Waals surface area contributed by atoms with Gasteiger partial charge in [-0.1, -0.05) is 6.07 Å². The number of hydrogen-bond acceptors (Lipinski definition) is 4. The van der Waals surface area contributed by atoms with Crippen molar-refractivity contribution in [3.8, 4) is 0 Å². The Bertz CT molecular complexity index is 625. The van der Waals surface area contributed by atoms with Gasteiger partial charge in [0.2, 0.25) is 0 Å². The number of nitrogens with one attached hydrogen (secondary N) is 1. The molecule has 0 saturated carbocycles. The summed E-state index contributed by atoms with van der Waals surface area (Å²) in [5, 5.41) is 3.19. The van der Waals surface area contributed by atoms with E-state index in [1.807, 2.05) is 12.1 Å². The lowest BCUT2D eigenvalue weighted by Gasteiger charge is -2.03. The SMILES string of the molecule is CC(=O)CCNCc1ccc2oc(=O)n(C)c2c1. The number of benzene rings is 1. The summed E-state index contributed by atoms with van der Waals surface area (Å²) in [6, 6.07) is 5.62. The number of carbonyl (C=O) groups is 1. The average molecular weight is 248 g/mol. The lowest BCUT2D eigenvalue weighted by molar-refractivity contribution is -0.116. The number of hydrogen-bond donors (Lipinski definition) is 1. The van der Waals surface area contributed by atoms with Gasteiger partial charge in [-0.05, 0) is 24.6 Å². The largest absolute Gasteiger partial charge is 0.419 e. The second kappa shape index (κ2) is 5.18. The van der Waals surface area contributed by atoms with Crippen LogP contribution in [0.3, 0.4) is 0 Å². The van der Waals surface area contributed by atoms with Crippen LogP contribution in [-0.4, -0.2) is 16.9 Å². The van der Waals surface area contributed by atoms with Crippen LogP contribution in [0.1, 0.15) is 18.9 Å². The Kier molecular flexibility index (Phi) is 3.62. The van der Waals surface area contributed by atoms with Crippen LogP contribution in [0.2, 0.25) is 0 Å². The summed E-state index contributed by atoms with van der Waals surface area (Å²) in [4.78, 5) is 22.1. The third-order valence-electron chi connectivity index (χ3n) is 2.84. The Morgan fingerprint density at radius 2 is 2.22 bits per heavy atom. The number of Topliss-reactive ketones (excluding diaryl/α,β-unsaturated/α-hetero) is 1. The van der Waals surface area contributed by atoms with E-state index >= 15 is 0 Å². The van der Waals surface area contributed by atoms with Crippen LogP contribution in [0.15, 0.2) is 27.4 Å². The summed E-state index contributed by atoms with van der Waals surface area (Å²) >= 11 is 0. The fraction of sp³-hybridized carbons (Fsp3) is 0.385. The number of nitrogens with zero attached hydrogens (tertiary/aromatic N) is 1. The minimum Gasteiger partial charge on any atom is -0.408 e. The molecule has 0 aliphatic carbocycles. The van der Waals surface area contributed by atoms with Crippen LogP contribution in [0.25, 0.3) is 11.1 Å². The first-order valence-electron chi connectivity index (χ1n) is 5.86. The molecule has 0 radical (unpaired) electrons. The van der Waals surface area contributed by atoms with E-state index in [0.717, 1.165) is 11.1 Å². The van der Waals surface area contributed by atoms with Gasteiger partial charge >= 0.3 is 5.76 Å². The fourth-order valence-corrected chi connectivity index (χ4v) is 1.78. The molecule has 2 aromatic rings. The number of rotatable bonds is 5. The maximum atomic E-state index is 11.3. The van der Waals surface area contributed by atoms with Crippen molar-refractivity contribution >= 4 is 16.9 Å². The van der Waals surface area contributed by atoms with Crippen molar-refractivity contribution in [1.82, 2.24) is 9.88 Å². The van der Waals surface area contributed by atoms with Crippen molar-refractivity contribution in [3.63, 3.8) is 0 Å². The van der Waals surface area contributed by atoms with Crippen molar-refractivity contribution in [2.24, 2.45) is 7.05 Å². The first kappa shape index (κ1) is 12.6. The average Bonchev–Trinajstić information content (AvgIpc) is 2.61. The topological polar surface area (TPSA) is 64.2 Å². The van der Waals surface area contributed by atoms with Crippen LogP contribution in [0, 0.1) is 0 Å². The minimum atomic E-state index is -0.355. The van der Waals surface area contributed by atoms with Crippen molar-refractivity contribution in [1.29, 1.82) is 0 Å². The van der Waals surface area contributed by atoms with Gasteiger partial charge in [0.25, 0.3) is 0 Å². The number of aryl methyl sites for hydroxylation is 1. The van der Waals surface area contributed by atoms with Gasteiger partial charge in [0, 0.05) is 26.6 Å². The van der Waals surface area contributed by atoms with Gasteiger partial charge in [-0.15, -0.1) is 0 Å². The molecule has 2 rings (SSSR count). The summed E-state index contributed by atoms with van der Waals surface area (Å²) in [6.07, 6.45) is 0.534. The Labute approximate surface area is 104 Å². The molecular weight excluding hydrogens is 232 g/mol. The molecule has 5 heteroatoms. The summed E-state index contributed by atoms with van der Waals surface area (Å²) in [7, 11) is 1.68. The normalized spacial score (nSPS) is 11.0. The van der Waals surface area contributed by atoms with Gasteiger partial charge in [-0.2, -0.15) is 0 Å². The number of fused-ring (bicyclic) bond motifs is 1. The number of aromatic nitrogens is 1. The Morgan fingerprint density at radius 1 is 1.44 bits per heavy atom. The van der Waals surface area contributed by atoms with Gasteiger partial charge in [-0.3, -0.25) is 9.36 Å². The third kappa shape index (κ3) is 2.68. The zero-order valence-corrected chi connectivity index (χ0v) is 10.5. The van der Waals surface area contributed by atoms with Crippen molar-refractivity contribution in [3.05, 3.63) is 34.3 Å². The highest BCUT2D eigenvalue weighted by atomic mass is 16.4. The molecule has 0 fully saturated rings. The quantitative estimate of drug-likeness (QED) is 0.807. The van der Waals surface area contributed by atoms with Gasteiger partial charge in [0.05, 0.1) is 5.52 Å². The van der Waals surface area contributed by atoms with Crippen LogP contribution in [0.4, 0.5) is 0 Å². The lowest BCUT2D eigenvalue weighted by atomic mass is 10.2. The summed E-state index contributed by atoms with van der Waals surface area (Å²) in [5.41, 5.74) is 2.43. The second-order valence-corrected chi connectivity index (χ2v) is 4.36. The number of oxazole rings is 1. The molecule has 96 valence electrons. The fourth-order valence-electron chi connectivity index (χ4n) is 1.78. The number of ketones is 1. The Hall–Kier alpha value is -1.88. The summed E-state index contributed by atoms with van der Waals surface area (Å²) in [6.45, 7) is 2.91. The molecular formula is C13H16N2O3. The van der Waals surface area contributed by atoms with Crippen molar-refractivity contribution in [2.75, 3.05) is 6.54 Å². The molecule has 0 spiro atoms. The first-order chi connectivity index (χ1) is 8.58. The van der Waals surface area contributed by atoms with Crippen LogP contribution in [-0.2, 0) is 18.4 Å². The first-order valence-corrected chi connectivity index (χ1v) is 5.86. The van der Waals surface area contributed by atoms with E-state index < -0.39 is 0 Å². The second-order valence-electron chi connectivity index (χ2n) is 4.36. The summed E-state index contributed by atoms with van der Waals surface area (Å²) < 4.78 is 6.53. The van der Waals surface area contributed by atoms with Crippen molar-refractivity contribution in [2.45, 2.75) is 19.9 Å². The zero-order valence-electron chi connectivity index (χ0n) is 10.5. The Morgan fingerprint density at radius 3 is 2.94 bits per heavy atom. The summed E-state index contributed by atoms with van der Waals surface area (Å²) in [5.74, 6) is -0.179. The molecule has 0 aliphatic heterocycles. The van der Waals surface area contributed by atoms with Crippen LogP contribution in [0.5, 0.6) is 0 Å². The highest BCUT2D eigenvalue weighted by molar-refractivity contribution is 5.75. The molecule has 5 nitrogen and oxygen atoms in total.